The van der Waals surface area contributed by atoms with Crippen molar-refractivity contribution in [2.45, 2.75) is 24.1 Å². The van der Waals surface area contributed by atoms with E-state index in [0.29, 0.717) is 6.42 Å². The summed E-state index contributed by atoms with van der Waals surface area (Å²) < 4.78 is 5.81. The predicted octanol–water partition coefficient (Wildman–Crippen LogP) is 5.69. The van der Waals surface area contributed by atoms with Crippen molar-refractivity contribution in [1.29, 1.82) is 0 Å². The molecule has 1 spiro atoms. The zero-order chi connectivity index (χ0) is 21.5. The van der Waals surface area contributed by atoms with Crippen molar-refractivity contribution in [1.82, 2.24) is 0 Å². The minimum absolute atomic E-state index is 0.0514. The first-order valence-electron chi connectivity index (χ1n) is 10.8. The van der Waals surface area contributed by atoms with Gasteiger partial charge in [0.15, 0.2) is 0 Å². The Morgan fingerprint density at radius 2 is 1.38 bits per heavy atom. The maximum Gasteiger partial charge on any atom is 0.265 e. The molecule has 2 saturated heterocycles. The number of furan rings is 1. The minimum atomic E-state index is -1.04. The van der Waals surface area contributed by atoms with Crippen LogP contribution in [-0.2, 0) is 9.63 Å². The number of nitrogens with zero attached hydrogens (tertiary/aromatic N) is 2. The zero-order valence-electron chi connectivity index (χ0n) is 17.4. The molecule has 3 aromatic carbocycles. The Hall–Kier alpha value is -3.83. The normalized spacial score (nSPS) is 24.7. The monoisotopic (exact) mass is 422 g/mol. The van der Waals surface area contributed by atoms with E-state index in [0.717, 1.165) is 22.7 Å². The highest BCUT2D eigenvalue weighted by Gasteiger charge is 2.69. The molecular formula is C27H22N2O3. The topological polar surface area (TPSA) is 45.9 Å². The minimum Gasteiger partial charge on any atom is -0.467 e. The molecule has 1 aromatic heterocycles. The summed E-state index contributed by atoms with van der Waals surface area (Å²) in [6.07, 6.45) is 2.17. The number of hydrogen-bond acceptors (Lipinski definition) is 4. The van der Waals surface area contributed by atoms with Gasteiger partial charge in [0.1, 0.15) is 11.8 Å². The standard InChI is InChI=1S/C27H22N2O3/c30-26-27(25(24-17-10-18-31-24)28(26)21-13-6-2-7-14-21)19-23(20-11-4-1-5-12-20)29(32-27)22-15-8-3-9-16-22/h1-18,23,25H,19H2/t23-,25-,27-/m0/s1. The Bertz CT molecular complexity index is 1160. The molecule has 5 nitrogen and oxygen atoms in total. The van der Waals surface area contributed by atoms with E-state index < -0.39 is 5.60 Å². The Morgan fingerprint density at radius 1 is 0.750 bits per heavy atom. The molecular weight excluding hydrogens is 400 g/mol. The predicted molar refractivity (Wildman–Crippen MR) is 122 cm³/mol. The fourth-order valence-corrected chi connectivity index (χ4v) is 4.91. The fraction of sp³-hybridized carbons (Fsp3) is 0.148. The fourth-order valence-electron chi connectivity index (χ4n) is 4.91. The number of carbonyl (C=O) groups is 1. The van der Waals surface area contributed by atoms with E-state index in [4.69, 9.17) is 9.25 Å². The smallest absolute Gasteiger partial charge is 0.265 e. The lowest BCUT2D eigenvalue weighted by atomic mass is 9.75. The molecule has 0 N–H and O–H groups in total. The van der Waals surface area contributed by atoms with Crippen LogP contribution in [0.5, 0.6) is 0 Å². The van der Waals surface area contributed by atoms with Gasteiger partial charge in [-0.05, 0) is 42.0 Å². The number of benzene rings is 3. The molecule has 0 saturated carbocycles. The van der Waals surface area contributed by atoms with Crippen LogP contribution < -0.4 is 9.96 Å². The van der Waals surface area contributed by atoms with E-state index >= 15 is 0 Å². The summed E-state index contributed by atoms with van der Waals surface area (Å²) >= 11 is 0. The van der Waals surface area contributed by atoms with Gasteiger partial charge in [-0.3, -0.25) is 14.5 Å². The first-order valence-corrected chi connectivity index (χ1v) is 10.8. The van der Waals surface area contributed by atoms with Crippen LogP contribution in [0, 0.1) is 0 Å². The molecule has 0 unspecified atom stereocenters. The molecule has 6 rings (SSSR count). The Kier molecular flexibility index (Phi) is 4.37. The third-order valence-electron chi connectivity index (χ3n) is 6.36. The molecule has 3 heterocycles. The van der Waals surface area contributed by atoms with Gasteiger partial charge in [0.05, 0.1) is 18.0 Å². The highest BCUT2D eigenvalue weighted by Crippen LogP contribution is 2.58. The first kappa shape index (κ1) is 18.9. The average Bonchev–Trinajstić information content (AvgIpc) is 3.53. The second-order valence-corrected chi connectivity index (χ2v) is 8.20. The quantitative estimate of drug-likeness (QED) is 0.397. The maximum atomic E-state index is 13.8. The highest BCUT2D eigenvalue weighted by molar-refractivity contribution is 6.08. The molecule has 4 aromatic rings. The van der Waals surface area contributed by atoms with E-state index in [1.165, 1.54) is 0 Å². The first-order chi connectivity index (χ1) is 15.8. The molecule has 2 fully saturated rings. The van der Waals surface area contributed by atoms with Crippen LogP contribution in [0.4, 0.5) is 11.4 Å². The highest BCUT2D eigenvalue weighted by atomic mass is 16.7. The lowest BCUT2D eigenvalue weighted by molar-refractivity contribution is -0.159. The van der Waals surface area contributed by atoms with Crippen LogP contribution in [0.2, 0.25) is 0 Å². The van der Waals surface area contributed by atoms with Crippen LogP contribution in [0.1, 0.15) is 29.8 Å². The average molecular weight is 422 g/mol. The van der Waals surface area contributed by atoms with Crippen LogP contribution in [-0.4, -0.2) is 11.5 Å². The number of β-lactam (4-membered cyclic amide) rings is 1. The van der Waals surface area contributed by atoms with Gasteiger partial charge < -0.3 is 4.42 Å². The Labute approximate surface area is 186 Å². The van der Waals surface area contributed by atoms with Crippen LogP contribution in [0.25, 0.3) is 0 Å². The van der Waals surface area contributed by atoms with Gasteiger partial charge in [0.25, 0.3) is 5.91 Å². The van der Waals surface area contributed by atoms with Gasteiger partial charge >= 0.3 is 0 Å². The van der Waals surface area contributed by atoms with Crippen LogP contribution >= 0.6 is 0 Å². The van der Waals surface area contributed by atoms with Gasteiger partial charge in [-0.15, -0.1) is 0 Å². The summed E-state index contributed by atoms with van der Waals surface area (Å²) in [5.74, 6) is 0.666. The molecule has 0 aliphatic carbocycles. The van der Waals surface area contributed by atoms with Crippen molar-refractivity contribution in [2.24, 2.45) is 0 Å². The van der Waals surface area contributed by atoms with Crippen molar-refractivity contribution in [3.8, 4) is 0 Å². The van der Waals surface area contributed by atoms with Crippen molar-refractivity contribution in [3.63, 3.8) is 0 Å². The molecule has 0 radical (unpaired) electrons. The number of hydroxylamine groups is 1. The Morgan fingerprint density at radius 3 is 2.00 bits per heavy atom. The van der Waals surface area contributed by atoms with E-state index in [1.807, 2.05) is 96.1 Å². The van der Waals surface area contributed by atoms with Gasteiger partial charge in [-0.1, -0.05) is 66.7 Å². The summed E-state index contributed by atoms with van der Waals surface area (Å²) in [6, 6.07) is 33.2. The summed E-state index contributed by atoms with van der Waals surface area (Å²) in [4.78, 5) is 22.2. The molecule has 32 heavy (non-hydrogen) atoms. The molecule has 2 aliphatic rings. The second-order valence-electron chi connectivity index (χ2n) is 8.20. The molecule has 3 atom stereocenters. The van der Waals surface area contributed by atoms with E-state index in [9.17, 15) is 4.79 Å². The van der Waals surface area contributed by atoms with Gasteiger partial charge in [-0.25, -0.2) is 5.06 Å². The van der Waals surface area contributed by atoms with Crippen molar-refractivity contribution >= 4 is 17.3 Å². The van der Waals surface area contributed by atoms with E-state index in [1.54, 1.807) is 11.2 Å². The number of rotatable bonds is 4. The largest absolute Gasteiger partial charge is 0.467 e. The van der Waals surface area contributed by atoms with Gasteiger partial charge in [-0.2, -0.15) is 0 Å². The number of carbonyl (C=O) groups excluding carboxylic acids is 1. The lowest BCUT2D eigenvalue weighted by Gasteiger charge is -2.51. The van der Waals surface area contributed by atoms with Gasteiger partial charge in [0.2, 0.25) is 5.60 Å². The molecule has 5 heteroatoms. The van der Waals surface area contributed by atoms with Crippen LogP contribution in [0.15, 0.2) is 114 Å². The molecule has 1 amide bonds. The molecule has 2 aliphatic heterocycles. The number of para-hydroxylation sites is 2. The summed E-state index contributed by atoms with van der Waals surface area (Å²) in [5, 5.41) is 1.89. The van der Waals surface area contributed by atoms with E-state index in [-0.39, 0.29) is 18.0 Å². The Balaban J connectivity index is 1.46. The maximum absolute atomic E-state index is 13.8. The summed E-state index contributed by atoms with van der Waals surface area (Å²) in [5.41, 5.74) is 1.83. The summed E-state index contributed by atoms with van der Waals surface area (Å²) in [7, 11) is 0. The van der Waals surface area contributed by atoms with E-state index in [2.05, 4.69) is 12.1 Å². The molecule has 158 valence electrons. The second kappa shape index (κ2) is 7.39. The van der Waals surface area contributed by atoms with Crippen molar-refractivity contribution < 1.29 is 14.0 Å². The van der Waals surface area contributed by atoms with Crippen molar-refractivity contribution in [3.05, 3.63) is 121 Å². The van der Waals surface area contributed by atoms with Crippen molar-refractivity contribution in [2.75, 3.05) is 9.96 Å². The molecule has 0 bridgehead atoms. The third kappa shape index (κ3) is 2.78. The zero-order valence-corrected chi connectivity index (χ0v) is 17.4. The lowest BCUT2D eigenvalue weighted by Crippen LogP contribution is -2.69. The number of anilines is 2. The SMILES string of the molecule is O=C1N(c2ccccc2)[C@@H](c2ccco2)[C@@]12C[C@@H](c1ccccc1)N(c1ccccc1)O2. The number of hydrogen-bond donors (Lipinski definition) is 0. The summed E-state index contributed by atoms with van der Waals surface area (Å²) in [6.45, 7) is 0. The van der Waals surface area contributed by atoms with Gasteiger partial charge in [0, 0.05) is 12.1 Å². The number of amides is 1. The van der Waals surface area contributed by atoms with Crippen LogP contribution in [0.3, 0.4) is 0 Å². The third-order valence-corrected chi connectivity index (χ3v) is 6.36.